The molecule has 124 valence electrons. The second kappa shape index (κ2) is 5.74. The molecule has 0 N–H and O–H groups in total. The highest BCUT2D eigenvalue weighted by Gasteiger charge is 2.70. The summed E-state index contributed by atoms with van der Waals surface area (Å²) in [5, 5.41) is 0. The number of carbonyl (C=O) groups excluding carboxylic acids is 2. The molecule has 2 fully saturated rings. The lowest BCUT2D eigenvalue weighted by Gasteiger charge is -2.26. The fourth-order valence-corrected chi connectivity index (χ4v) is 4.83. The molecule has 1 aromatic rings. The van der Waals surface area contributed by atoms with Gasteiger partial charge in [0.25, 0.3) is 0 Å². The largest absolute Gasteiger partial charge is 0.332 e. The molecule has 7 heteroatoms. The Kier molecular flexibility index (Phi) is 4.30. The van der Waals surface area contributed by atoms with Crippen molar-refractivity contribution in [3.63, 3.8) is 0 Å². The monoisotopic (exact) mass is 462 g/mol. The third kappa shape index (κ3) is 2.83. The van der Waals surface area contributed by atoms with Gasteiger partial charge in [0.2, 0.25) is 11.8 Å². The van der Waals surface area contributed by atoms with E-state index in [1.54, 1.807) is 11.9 Å². The molecule has 1 aliphatic heterocycles. The molecule has 1 saturated carbocycles. The van der Waals surface area contributed by atoms with E-state index < -0.39 is 14.1 Å². The van der Waals surface area contributed by atoms with Gasteiger partial charge in [0.15, 0.2) is 4.87 Å². The molecule has 0 spiro atoms. The molecule has 2 unspecified atom stereocenters. The van der Waals surface area contributed by atoms with Gasteiger partial charge in [-0.3, -0.25) is 9.59 Å². The number of hydrogen-bond acceptors (Lipinski definition) is 2. The van der Waals surface area contributed by atoms with E-state index in [0.717, 1.165) is 11.3 Å². The minimum atomic E-state index is -1.02. The van der Waals surface area contributed by atoms with E-state index >= 15 is 0 Å². The van der Waals surface area contributed by atoms with Crippen molar-refractivity contribution in [3.05, 3.63) is 29.8 Å². The number of aryl methyl sites for hydroxylation is 1. The quantitative estimate of drug-likeness (QED) is 0.644. The van der Waals surface area contributed by atoms with Gasteiger partial charge in [-0.25, -0.2) is 0 Å². The van der Waals surface area contributed by atoms with Crippen molar-refractivity contribution in [2.24, 2.45) is 0 Å². The van der Waals surface area contributed by atoms with Crippen molar-refractivity contribution in [2.45, 2.75) is 33.9 Å². The summed E-state index contributed by atoms with van der Waals surface area (Å²) in [6.07, 6.45) is 1.10. The summed E-state index contributed by atoms with van der Waals surface area (Å²) in [5.41, 5.74) is 1.98. The van der Waals surface area contributed by atoms with Crippen molar-refractivity contribution in [2.75, 3.05) is 18.5 Å². The summed E-state index contributed by atoms with van der Waals surface area (Å²) in [5.74, 6) is -0.278. The predicted molar refractivity (Wildman–Crippen MR) is 98.5 cm³/mol. The van der Waals surface area contributed by atoms with Crippen molar-refractivity contribution in [1.29, 1.82) is 0 Å². The lowest BCUT2D eigenvalue weighted by molar-refractivity contribution is -0.137. The SMILES string of the molecule is Cc1cccc(N2CCC(N(C)C(=O)C3(Cl)CC3(Br)Br)C2=O)c1. The molecule has 1 aromatic carbocycles. The van der Waals surface area contributed by atoms with Crippen LogP contribution < -0.4 is 4.90 Å². The van der Waals surface area contributed by atoms with Gasteiger partial charge in [0, 0.05) is 25.7 Å². The molecule has 1 heterocycles. The van der Waals surface area contributed by atoms with Crippen LogP contribution in [-0.2, 0) is 9.59 Å². The number of nitrogens with zero attached hydrogens (tertiary/aromatic N) is 2. The van der Waals surface area contributed by atoms with E-state index in [9.17, 15) is 9.59 Å². The van der Waals surface area contributed by atoms with Crippen LogP contribution in [0.5, 0.6) is 0 Å². The number of carbonyl (C=O) groups is 2. The zero-order chi connectivity index (χ0) is 17.0. The van der Waals surface area contributed by atoms with Gasteiger partial charge in [-0.1, -0.05) is 44.0 Å². The van der Waals surface area contributed by atoms with Gasteiger partial charge >= 0.3 is 0 Å². The maximum absolute atomic E-state index is 12.7. The van der Waals surface area contributed by atoms with E-state index in [0.29, 0.717) is 19.4 Å². The molecule has 3 rings (SSSR count). The first-order chi connectivity index (χ1) is 10.7. The van der Waals surface area contributed by atoms with E-state index in [1.165, 1.54) is 4.90 Å². The fourth-order valence-electron chi connectivity index (χ4n) is 2.99. The van der Waals surface area contributed by atoms with Gasteiger partial charge in [0.05, 0.1) is 0 Å². The maximum atomic E-state index is 12.7. The minimum Gasteiger partial charge on any atom is -0.332 e. The molecule has 0 aromatic heterocycles. The van der Waals surface area contributed by atoms with Gasteiger partial charge in [0.1, 0.15) is 9.28 Å². The Bertz CT molecular complexity index is 682. The second-order valence-electron chi connectivity index (χ2n) is 6.23. The lowest BCUT2D eigenvalue weighted by atomic mass is 10.2. The maximum Gasteiger partial charge on any atom is 0.249 e. The summed E-state index contributed by atoms with van der Waals surface area (Å²) in [7, 11) is 1.66. The number of benzene rings is 1. The van der Waals surface area contributed by atoms with Crippen molar-refractivity contribution < 1.29 is 9.59 Å². The summed E-state index contributed by atoms with van der Waals surface area (Å²) < 4.78 is -0.572. The van der Waals surface area contributed by atoms with Gasteiger partial charge in [-0.2, -0.15) is 0 Å². The lowest BCUT2D eigenvalue weighted by Crippen LogP contribution is -2.47. The molecule has 2 atom stereocenters. The van der Waals surface area contributed by atoms with Crippen LogP contribution in [0.2, 0.25) is 0 Å². The van der Waals surface area contributed by atoms with E-state index in [-0.39, 0.29) is 11.8 Å². The van der Waals surface area contributed by atoms with Crippen LogP contribution in [0.3, 0.4) is 0 Å². The third-order valence-electron chi connectivity index (χ3n) is 4.54. The van der Waals surface area contributed by atoms with E-state index in [4.69, 9.17) is 11.6 Å². The molecule has 2 aliphatic rings. The molecule has 23 heavy (non-hydrogen) atoms. The van der Waals surface area contributed by atoms with Crippen LogP contribution in [0.1, 0.15) is 18.4 Å². The third-order valence-corrected chi connectivity index (χ3v) is 7.53. The Labute approximate surface area is 157 Å². The number of alkyl halides is 3. The molecule has 2 amide bonds. The average Bonchev–Trinajstić information content (AvgIpc) is 2.81. The molecule has 1 aliphatic carbocycles. The fraction of sp³-hybridized carbons (Fsp3) is 0.500. The van der Waals surface area contributed by atoms with Crippen LogP contribution >= 0.6 is 43.5 Å². The Morgan fingerprint density at radius 1 is 1.43 bits per heavy atom. The zero-order valence-electron chi connectivity index (χ0n) is 12.9. The van der Waals surface area contributed by atoms with Crippen LogP contribution in [-0.4, -0.2) is 44.5 Å². The number of hydrogen-bond donors (Lipinski definition) is 0. The zero-order valence-corrected chi connectivity index (χ0v) is 16.8. The first-order valence-corrected chi connectivity index (χ1v) is 9.36. The Hall–Kier alpha value is -0.590. The second-order valence-corrected chi connectivity index (χ2v) is 10.6. The number of halogens is 3. The van der Waals surface area contributed by atoms with Gasteiger partial charge in [-0.05, 0) is 31.0 Å². The number of anilines is 1. The van der Waals surface area contributed by atoms with Crippen LogP contribution in [0.25, 0.3) is 0 Å². The molecule has 1 saturated heterocycles. The summed E-state index contributed by atoms with van der Waals surface area (Å²) in [4.78, 5) is 27.6. The molecule has 4 nitrogen and oxygen atoms in total. The molecule has 0 radical (unpaired) electrons. The van der Waals surface area contributed by atoms with Crippen LogP contribution in [0.15, 0.2) is 24.3 Å². The van der Waals surface area contributed by atoms with E-state index in [1.807, 2.05) is 31.2 Å². The smallest absolute Gasteiger partial charge is 0.249 e. The summed E-state index contributed by atoms with van der Waals surface area (Å²) in [6.45, 7) is 2.60. The summed E-state index contributed by atoms with van der Waals surface area (Å²) >= 11 is 13.2. The first-order valence-electron chi connectivity index (χ1n) is 7.39. The molecular weight excluding hydrogens is 447 g/mol. The Morgan fingerprint density at radius 3 is 2.65 bits per heavy atom. The highest BCUT2D eigenvalue weighted by atomic mass is 79.9. The first kappa shape index (κ1) is 17.2. The normalized spacial score (nSPS) is 28.8. The highest BCUT2D eigenvalue weighted by molar-refractivity contribution is 9.25. The van der Waals surface area contributed by atoms with Gasteiger partial charge < -0.3 is 9.80 Å². The van der Waals surface area contributed by atoms with Crippen LogP contribution in [0, 0.1) is 6.92 Å². The number of likely N-dealkylation sites (N-methyl/N-ethyl adjacent to an activating group) is 1. The van der Waals surface area contributed by atoms with Gasteiger partial charge in [-0.15, -0.1) is 11.6 Å². The number of rotatable bonds is 3. The Morgan fingerprint density at radius 2 is 2.09 bits per heavy atom. The van der Waals surface area contributed by atoms with Crippen LogP contribution in [0.4, 0.5) is 5.69 Å². The molecule has 0 bridgehead atoms. The van der Waals surface area contributed by atoms with Crippen molar-refractivity contribution >= 4 is 61.0 Å². The average molecular weight is 465 g/mol. The highest BCUT2D eigenvalue weighted by Crippen LogP contribution is 2.64. The minimum absolute atomic E-state index is 0.0536. The standard InChI is InChI=1S/C16H17Br2ClN2O2/c1-10-4-3-5-11(8-10)21-7-6-12(13(21)22)20(2)14(23)15(19)9-16(15,17)18/h3-5,8,12H,6-7,9H2,1-2H3. The predicted octanol–water partition coefficient (Wildman–Crippen LogP) is 3.43. The number of amides is 2. The van der Waals surface area contributed by atoms with Crippen molar-refractivity contribution in [3.8, 4) is 0 Å². The summed E-state index contributed by atoms with van der Waals surface area (Å²) in [6, 6.07) is 7.36. The van der Waals surface area contributed by atoms with E-state index in [2.05, 4.69) is 31.9 Å². The Balaban J connectivity index is 1.76. The molecular formula is C16H17Br2ClN2O2. The topological polar surface area (TPSA) is 40.6 Å². The van der Waals surface area contributed by atoms with Crippen molar-refractivity contribution in [1.82, 2.24) is 4.90 Å².